The summed E-state index contributed by atoms with van der Waals surface area (Å²) in [5.41, 5.74) is 1.55. The second-order valence-electron chi connectivity index (χ2n) is 3.66. The number of hydrogen-bond acceptors (Lipinski definition) is 3. The largest absolute Gasteiger partial charge is 0.386 e. The van der Waals surface area contributed by atoms with Gasteiger partial charge in [0.15, 0.2) is 0 Å². The molecule has 0 spiro atoms. The van der Waals surface area contributed by atoms with Crippen LogP contribution in [0.5, 0.6) is 0 Å². The van der Waals surface area contributed by atoms with Gasteiger partial charge in [-0.1, -0.05) is 0 Å². The lowest BCUT2D eigenvalue weighted by Gasteiger charge is -2.04. The predicted octanol–water partition coefficient (Wildman–Crippen LogP) is 0.430. The Bertz CT molecular complexity index is 446. The zero-order chi connectivity index (χ0) is 10.8. The van der Waals surface area contributed by atoms with Gasteiger partial charge in [-0.05, 0) is 6.07 Å². The molecule has 0 aliphatic heterocycles. The van der Waals surface area contributed by atoms with Crippen LogP contribution in [0.1, 0.15) is 17.5 Å². The lowest BCUT2D eigenvalue weighted by Crippen LogP contribution is -2.03. The summed E-state index contributed by atoms with van der Waals surface area (Å²) in [7, 11) is 3.74. The molecular formula is C10H14N4O. The van der Waals surface area contributed by atoms with E-state index in [0.717, 1.165) is 5.69 Å². The molecule has 0 aliphatic carbocycles. The maximum atomic E-state index is 9.87. The minimum atomic E-state index is -0.582. The molecule has 2 aromatic heterocycles. The lowest BCUT2D eigenvalue weighted by atomic mass is 10.1. The molecule has 2 rings (SSSR count). The molecule has 0 fully saturated rings. The Kier molecular flexibility index (Phi) is 2.55. The van der Waals surface area contributed by atoms with Crippen molar-refractivity contribution in [2.24, 2.45) is 14.1 Å². The normalized spacial score (nSPS) is 13.0. The lowest BCUT2D eigenvalue weighted by molar-refractivity contribution is 0.172. The summed E-state index contributed by atoms with van der Waals surface area (Å²) in [6.07, 6.45) is 5.27. The summed E-state index contributed by atoms with van der Waals surface area (Å²) in [6.45, 7) is 0. The first-order chi connectivity index (χ1) is 7.15. The summed E-state index contributed by atoms with van der Waals surface area (Å²) < 4.78 is 3.54. The van der Waals surface area contributed by atoms with Gasteiger partial charge in [0.05, 0.1) is 17.7 Å². The summed E-state index contributed by atoms with van der Waals surface area (Å²) in [5, 5.41) is 14.1. The number of aliphatic hydroxyl groups is 1. The number of aromatic nitrogens is 4. The molecule has 80 valence electrons. The maximum absolute atomic E-state index is 9.87. The topological polar surface area (TPSA) is 55.9 Å². The molecule has 0 radical (unpaired) electrons. The van der Waals surface area contributed by atoms with E-state index in [0.29, 0.717) is 12.1 Å². The Labute approximate surface area is 88.0 Å². The molecule has 1 atom stereocenters. The average molecular weight is 206 g/mol. The number of aryl methyl sites for hydroxylation is 2. The van der Waals surface area contributed by atoms with Crippen molar-refractivity contribution in [2.75, 3.05) is 0 Å². The number of hydrogen-bond donors (Lipinski definition) is 1. The van der Waals surface area contributed by atoms with Crippen molar-refractivity contribution in [1.29, 1.82) is 0 Å². The van der Waals surface area contributed by atoms with Crippen LogP contribution in [-0.2, 0) is 20.5 Å². The molecular weight excluding hydrogens is 192 g/mol. The van der Waals surface area contributed by atoms with Crippen LogP contribution in [0.3, 0.4) is 0 Å². The van der Waals surface area contributed by atoms with E-state index in [2.05, 4.69) is 10.1 Å². The van der Waals surface area contributed by atoms with Crippen molar-refractivity contribution in [3.63, 3.8) is 0 Å². The quantitative estimate of drug-likeness (QED) is 0.792. The van der Waals surface area contributed by atoms with Crippen molar-refractivity contribution in [1.82, 2.24) is 19.3 Å². The van der Waals surface area contributed by atoms with Gasteiger partial charge >= 0.3 is 0 Å². The van der Waals surface area contributed by atoms with E-state index in [1.54, 1.807) is 11.0 Å². The van der Waals surface area contributed by atoms with Crippen LogP contribution in [0.2, 0.25) is 0 Å². The van der Waals surface area contributed by atoms with E-state index in [1.807, 2.05) is 37.1 Å². The molecule has 0 saturated carbocycles. The number of aliphatic hydroxyl groups excluding tert-OH is 1. The third kappa shape index (κ3) is 2.24. The highest BCUT2D eigenvalue weighted by Gasteiger charge is 2.12. The molecule has 5 heteroatoms. The van der Waals surface area contributed by atoms with Crippen molar-refractivity contribution < 1.29 is 5.11 Å². The fourth-order valence-electron chi connectivity index (χ4n) is 1.48. The summed E-state index contributed by atoms with van der Waals surface area (Å²) in [4.78, 5) is 4.10. The molecule has 1 N–H and O–H groups in total. The van der Waals surface area contributed by atoms with Crippen LogP contribution < -0.4 is 0 Å². The van der Waals surface area contributed by atoms with E-state index in [4.69, 9.17) is 0 Å². The highest BCUT2D eigenvalue weighted by atomic mass is 16.3. The van der Waals surface area contributed by atoms with Crippen molar-refractivity contribution in [3.8, 4) is 0 Å². The second-order valence-corrected chi connectivity index (χ2v) is 3.66. The first kappa shape index (κ1) is 9.92. The minimum Gasteiger partial charge on any atom is -0.386 e. The van der Waals surface area contributed by atoms with Gasteiger partial charge in [0.2, 0.25) is 0 Å². The van der Waals surface area contributed by atoms with Gasteiger partial charge in [0.25, 0.3) is 0 Å². The smallest absolute Gasteiger partial charge is 0.103 e. The highest BCUT2D eigenvalue weighted by Crippen LogP contribution is 2.14. The van der Waals surface area contributed by atoms with Gasteiger partial charge in [-0.25, -0.2) is 4.98 Å². The standard InChI is InChI=1S/C10H14N4O/c1-13-6-9(11-7-13)10(15)5-8-3-4-14(2)12-8/h3-4,6-7,10,15H,5H2,1-2H3. The maximum Gasteiger partial charge on any atom is 0.103 e. The molecule has 1 unspecified atom stereocenters. The Balaban J connectivity index is 2.06. The van der Waals surface area contributed by atoms with E-state index >= 15 is 0 Å². The van der Waals surface area contributed by atoms with E-state index in [-0.39, 0.29) is 0 Å². The fraction of sp³-hybridized carbons (Fsp3) is 0.400. The minimum absolute atomic E-state index is 0.498. The van der Waals surface area contributed by atoms with Crippen LogP contribution >= 0.6 is 0 Å². The van der Waals surface area contributed by atoms with Gasteiger partial charge in [0, 0.05) is 32.9 Å². The predicted molar refractivity (Wildman–Crippen MR) is 55.1 cm³/mol. The Morgan fingerprint density at radius 2 is 2.27 bits per heavy atom. The third-order valence-electron chi connectivity index (χ3n) is 2.24. The molecule has 0 bridgehead atoms. The highest BCUT2D eigenvalue weighted by molar-refractivity contribution is 5.07. The third-order valence-corrected chi connectivity index (χ3v) is 2.24. The molecule has 0 aliphatic rings. The van der Waals surface area contributed by atoms with Crippen molar-refractivity contribution in [2.45, 2.75) is 12.5 Å². The molecule has 2 aromatic rings. The summed E-state index contributed by atoms with van der Waals surface area (Å²) >= 11 is 0. The van der Waals surface area contributed by atoms with Gasteiger partial charge in [-0.15, -0.1) is 0 Å². The van der Waals surface area contributed by atoms with Gasteiger partial charge in [-0.3, -0.25) is 4.68 Å². The number of nitrogens with zero attached hydrogens (tertiary/aromatic N) is 4. The zero-order valence-corrected chi connectivity index (χ0v) is 8.83. The van der Waals surface area contributed by atoms with E-state index < -0.39 is 6.10 Å². The first-order valence-electron chi connectivity index (χ1n) is 4.79. The first-order valence-corrected chi connectivity index (χ1v) is 4.79. The van der Waals surface area contributed by atoms with Crippen LogP contribution in [0, 0.1) is 0 Å². The van der Waals surface area contributed by atoms with Crippen molar-refractivity contribution >= 4 is 0 Å². The van der Waals surface area contributed by atoms with E-state index in [1.165, 1.54) is 0 Å². The molecule has 0 aromatic carbocycles. The summed E-state index contributed by atoms with van der Waals surface area (Å²) in [6, 6.07) is 1.90. The van der Waals surface area contributed by atoms with Gasteiger partial charge in [0.1, 0.15) is 6.10 Å². The number of rotatable bonds is 3. The fourth-order valence-corrected chi connectivity index (χ4v) is 1.48. The molecule has 0 saturated heterocycles. The van der Waals surface area contributed by atoms with Crippen LogP contribution in [0.15, 0.2) is 24.8 Å². The van der Waals surface area contributed by atoms with Gasteiger partial charge < -0.3 is 9.67 Å². The molecule has 15 heavy (non-hydrogen) atoms. The zero-order valence-electron chi connectivity index (χ0n) is 8.83. The van der Waals surface area contributed by atoms with Crippen molar-refractivity contribution in [3.05, 3.63) is 36.2 Å². The average Bonchev–Trinajstić information content (AvgIpc) is 2.75. The Hall–Kier alpha value is -1.62. The molecule has 2 heterocycles. The monoisotopic (exact) mass is 206 g/mol. The van der Waals surface area contributed by atoms with E-state index in [9.17, 15) is 5.11 Å². The SMILES string of the molecule is Cn1cnc(C(O)Cc2ccn(C)n2)c1. The molecule has 0 amide bonds. The number of imidazole rings is 1. The molecule has 5 nitrogen and oxygen atoms in total. The van der Waals surface area contributed by atoms with Crippen LogP contribution in [-0.4, -0.2) is 24.4 Å². The van der Waals surface area contributed by atoms with Crippen LogP contribution in [0.4, 0.5) is 0 Å². The summed E-state index contributed by atoms with van der Waals surface area (Å²) in [5.74, 6) is 0. The Morgan fingerprint density at radius 3 is 2.80 bits per heavy atom. The van der Waals surface area contributed by atoms with Crippen LogP contribution in [0.25, 0.3) is 0 Å². The van der Waals surface area contributed by atoms with Gasteiger partial charge in [-0.2, -0.15) is 5.10 Å². The second kappa shape index (κ2) is 3.86. The Morgan fingerprint density at radius 1 is 1.47 bits per heavy atom.